The van der Waals surface area contributed by atoms with Gasteiger partial charge in [0.2, 0.25) is 6.39 Å². The Morgan fingerprint density at radius 1 is 1.38 bits per heavy atom. The van der Waals surface area contributed by atoms with E-state index >= 15 is 0 Å². The second-order valence-corrected chi connectivity index (χ2v) is 4.90. The van der Waals surface area contributed by atoms with E-state index in [1.165, 1.54) is 6.39 Å². The number of urea groups is 1. The molecule has 0 aliphatic rings. The van der Waals surface area contributed by atoms with Crippen LogP contribution in [0.15, 0.2) is 41.2 Å². The summed E-state index contributed by atoms with van der Waals surface area (Å²) < 4.78 is 4.80. The van der Waals surface area contributed by atoms with Gasteiger partial charge in [-0.25, -0.2) is 4.79 Å². The SMILES string of the molecule is CCCN(C)C(=O)NC(Cc1ccccc1)c1ncon1. The number of rotatable bonds is 6. The smallest absolute Gasteiger partial charge is 0.317 e. The maximum Gasteiger partial charge on any atom is 0.317 e. The molecule has 2 amide bonds. The maximum atomic E-state index is 12.2. The van der Waals surface area contributed by atoms with Crippen LogP contribution in [0.25, 0.3) is 0 Å². The molecule has 1 heterocycles. The molecule has 0 spiro atoms. The van der Waals surface area contributed by atoms with Gasteiger partial charge in [-0.1, -0.05) is 42.4 Å². The summed E-state index contributed by atoms with van der Waals surface area (Å²) in [6, 6.07) is 9.46. The summed E-state index contributed by atoms with van der Waals surface area (Å²) in [5.74, 6) is 0.483. The van der Waals surface area contributed by atoms with Gasteiger partial charge in [-0.15, -0.1) is 0 Å². The number of aromatic nitrogens is 2. The molecule has 1 N–H and O–H groups in total. The Labute approximate surface area is 124 Å². The summed E-state index contributed by atoms with van der Waals surface area (Å²) in [4.78, 5) is 17.9. The van der Waals surface area contributed by atoms with E-state index in [4.69, 9.17) is 4.52 Å². The van der Waals surface area contributed by atoms with Crippen molar-refractivity contribution >= 4 is 6.03 Å². The zero-order valence-corrected chi connectivity index (χ0v) is 12.3. The third-order valence-corrected chi connectivity index (χ3v) is 3.18. The summed E-state index contributed by atoms with van der Waals surface area (Å²) in [5, 5.41) is 6.81. The molecule has 1 unspecified atom stereocenters. The predicted molar refractivity (Wildman–Crippen MR) is 78.6 cm³/mol. The van der Waals surface area contributed by atoms with Crippen LogP contribution in [0.4, 0.5) is 4.79 Å². The Morgan fingerprint density at radius 2 is 2.14 bits per heavy atom. The normalized spacial score (nSPS) is 11.9. The van der Waals surface area contributed by atoms with Crippen LogP contribution in [0.5, 0.6) is 0 Å². The Morgan fingerprint density at radius 3 is 2.76 bits per heavy atom. The van der Waals surface area contributed by atoms with Gasteiger partial charge in [0.15, 0.2) is 5.82 Å². The topological polar surface area (TPSA) is 71.3 Å². The Kier molecular flexibility index (Phi) is 5.31. The van der Waals surface area contributed by atoms with Gasteiger partial charge in [0.1, 0.15) is 0 Å². The highest BCUT2D eigenvalue weighted by molar-refractivity contribution is 5.74. The summed E-state index contributed by atoms with van der Waals surface area (Å²) in [5.41, 5.74) is 1.10. The third-order valence-electron chi connectivity index (χ3n) is 3.18. The van der Waals surface area contributed by atoms with Crippen molar-refractivity contribution in [1.82, 2.24) is 20.4 Å². The largest absolute Gasteiger partial charge is 0.343 e. The van der Waals surface area contributed by atoms with Crippen molar-refractivity contribution in [3.8, 4) is 0 Å². The first-order valence-corrected chi connectivity index (χ1v) is 7.02. The number of carbonyl (C=O) groups is 1. The molecule has 21 heavy (non-hydrogen) atoms. The highest BCUT2D eigenvalue weighted by Gasteiger charge is 2.21. The average molecular weight is 288 g/mol. The molecule has 0 fully saturated rings. The molecule has 1 atom stereocenters. The molecule has 0 saturated carbocycles. The van der Waals surface area contributed by atoms with Crippen LogP contribution < -0.4 is 5.32 Å². The van der Waals surface area contributed by atoms with E-state index < -0.39 is 0 Å². The van der Waals surface area contributed by atoms with Gasteiger partial charge in [0.05, 0.1) is 6.04 Å². The minimum atomic E-state index is -0.307. The number of amides is 2. The number of benzene rings is 1. The van der Waals surface area contributed by atoms with E-state index in [1.807, 2.05) is 37.3 Å². The quantitative estimate of drug-likeness (QED) is 0.886. The highest BCUT2D eigenvalue weighted by atomic mass is 16.5. The summed E-state index contributed by atoms with van der Waals surface area (Å²) in [6.07, 6.45) is 2.80. The van der Waals surface area contributed by atoms with E-state index in [9.17, 15) is 4.79 Å². The summed E-state index contributed by atoms with van der Waals surface area (Å²) in [6.45, 7) is 2.74. The lowest BCUT2D eigenvalue weighted by molar-refractivity contribution is 0.203. The van der Waals surface area contributed by atoms with Crippen molar-refractivity contribution in [3.05, 3.63) is 48.1 Å². The first-order valence-electron chi connectivity index (χ1n) is 7.02. The lowest BCUT2D eigenvalue weighted by atomic mass is 10.1. The molecular weight excluding hydrogens is 268 g/mol. The zero-order valence-electron chi connectivity index (χ0n) is 12.3. The first kappa shape index (κ1) is 15.0. The van der Waals surface area contributed by atoms with E-state index in [0.717, 1.165) is 12.0 Å². The molecule has 1 aromatic heterocycles. The van der Waals surface area contributed by atoms with Gasteiger partial charge >= 0.3 is 6.03 Å². The van der Waals surface area contributed by atoms with E-state index in [-0.39, 0.29) is 12.1 Å². The van der Waals surface area contributed by atoms with Crippen LogP contribution in [0.2, 0.25) is 0 Å². The molecule has 0 bridgehead atoms. The second kappa shape index (κ2) is 7.42. The van der Waals surface area contributed by atoms with Gasteiger partial charge in [0, 0.05) is 20.0 Å². The molecule has 0 aliphatic heterocycles. The monoisotopic (exact) mass is 288 g/mol. The van der Waals surface area contributed by atoms with Crippen molar-refractivity contribution in [1.29, 1.82) is 0 Å². The molecule has 2 aromatic rings. The number of nitrogens with one attached hydrogen (secondary N) is 1. The molecule has 0 radical (unpaired) electrons. The molecule has 6 heteroatoms. The van der Waals surface area contributed by atoms with Gasteiger partial charge in [-0.3, -0.25) is 0 Å². The van der Waals surface area contributed by atoms with Crippen molar-refractivity contribution in [2.24, 2.45) is 0 Å². The van der Waals surface area contributed by atoms with Crippen molar-refractivity contribution in [3.63, 3.8) is 0 Å². The lowest BCUT2D eigenvalue weighted by Crippen LogP contribution is -2.40. The molecule has 112 valence electrons. The first-order chi connectivity index (χ1) is 10.2. The Hall–Kier alpha value is -2.37. The van der Waals surface area contributed by atoms with Gasteiger partial charge < -0.3 is 14.7 Å². The van der Waals surface area contributed by atoms with Crippen LogP contribution in [0.1, 0.15) is 30.8 Å². The van der Waals surface area contributed by atoms with Crippen molar-refractivity contribution < 1.29 is 9.32 Å². The minimum Gasteiger partial charge on any atom is -0.343 e. The molecular formula is C15H20N4O2. The molecule has 6 nitrogen and oxygen atoms in total. The predicted octanol–water partition coefficient (Wildman–Crippen LogP) is 2.40. The standard InChI is InChI=1S/C15H20N4O2/c1-3-9-19(2)15(20)17-13(14-16-11-21-18-14)10-12-7-5-4-6-8-12/h4-8,11,13H,3,9-10H2,1-2H3,(H,17,20). The van der Waals surface area contributed by atoms with E-state index in [0.29, 0.717) is 18.8 Å². The minimum absolute atomic E-state index is 0.136. The maximum absolute atomic E-state index is 12.2. The lowest BCUT2D eigenvalue weighted by Gasteiger charge is -2.21. The molecule has 0 aliphatic carbocycles. The molecule has 2 rings (SSSR count). The fourth-order valence-corrected chi connectivity index (χ4v) is 2.09. The van der Waals surface area contributed by atoms with Gasteiger partial charge in [-0.2, -0.15) is 4.98 Å². The van der Waals surface area contributed by atoms with Gasteiger partial charge in [0.25, 0.3) is 0 Å². The number of hydrogen-bond acceptors (Lipinski definition) is 4. The number of carbonyl (C=O) groups excluding carboxylic acids is 1. The van der Waals surface area contributed by atoms with Gasteiger partial charge in [-0.05, 0) is 12.0 Å². The Bertz CT molecular complexity index is 542. The van der Waals surface area contributed by atoms with Crippen molar-refractivity contribution in [2.75, 3.05) is 13.6 Å². The number of hydrogen-bond donors (Lipinski definition) is 1. The molecule has 1 aromatic carbocycles. The van der Waals surface area contributed by atoms with E-state index in [1.54, 1.807) is 11.9 Å². The highest BCUT2D eigenvalue weighted by Crippen LogP contribution is 2.15. The summed E-state index contributed by atoms with van der Waals surface area (Å²) >= 11 is 0. The van der Waals surface area contributed by atoms with E-state index in [2.05, 4.69) is 15.5 Å². The Balaban J connectivity index is 2.08. The fraction of sp³-hybridized carbons (Fsp3) is 0.400. The average Bonchev–Trinajstić information content (AvgIpc) is 3.02. The fourth-order valence-electron chi connectivity index (χ4n) is 2.09. The second-order valence-electron chi connectivity index (χ2n) is 4.90. The molecule has 0 saturated heterocycles. The van der Waals surface area contributed by atoms with Crippen LogP contribution >= 0.6 is 0 Å². The van der Waals surface area contributed by atoms with Crippen molar-refractivity contribution in [2.45, 2.75) is 25.8 Å². The van der Waals surface area contributed by atoms with Crippen LogP contribution in [0.3, 0.4) is 0 Å². The zero-order chi connectivity index (χ0) is 15.1. The number of nitrogens with zero attached hydrogens (tertiary/aromatic N) is 3. The summed E-state index contributed by atoms with van der Waals surface area (Å²) in [7, 11) is 1.77. The van der Waals surface area contributed by atoms with Crippen LogP contribution in [0, 0.1) is 0 Å². The van der Waals surface area contributed by atoms with Crippen LogP contribution in [-0.4, -0.2) is 34.7 Å². The van der Waals surface area contributed by atoms with Crippen LogP contribution in [-0.2, 0) is 6.42 Å². The third kappa shape index (κ3) is 4.30.